The minimum Gasteiger partial charge on any atom is -0.383 e. The van der Waals surface area contributed by atoms with E-state index in [1.807, 2.05) is 0 Å². The van der Waals surface area contributed by atoms with Crippen molar-refractivity contribution in [2.75, 3.05) is 18.4 Å². The molecule has 1 N–H and O–H groups in total. The highest BCUT2D eigenvalue weighted by atomic mass is 35.5. The van der Waals surface area contributed by atoms with Crippen molar-refractivity contribution < 1.29 is 13.2 Å². The summed E-state index contributed by atoms with van der Waals surface area (Å²) in [5.41, 5.74) is 1.61. The quantitative estimate of drug-likeness (QED) is 0.599. The van der Waals surface area contributed by atoms with Crippen LogP contribution in [0.2, 0.25) is 10.0 Å². The lowest BCUT2D eigenvalue weighted by molar-refractivity contribution is -0.137. The molecule has 0 fully saturated rings. The Balaban J connectivity index is 0.00000243. The standard InChI is InChI=1S/C18H13Cl2F3N2.ClH/c19-14-4-1-11(9-15(14)20)2-5-16-13-10-12(18(21,22)23)3-6-17(13)25-8-7-24-16;/h1-6,9-10,25H,7-8H2;1H. The Kier molecular flexibility index (Phi) is 6.61. The Morgan fingerprint density at radius 1 is 1.00 bits per heavy atom. The first-order valence-corrected chi connectivity index (χ1v) is 8.23. The van der Waals surface area contributed by atoms with E-state index >= 15 is 0 Å². The lowest BCUT2D eigenvalue weighted by atomic mass is 10.0. The maximum Gasteiger partial charge on any atom is 0.416 e. The Bertz CT molecular complexity index is 861. The van der Waals surface area contributed by atoms with Crippen LogP contribution in [0.1, 0.15) is 16.7 Å². The lowest BCUT2D eigenvalue weighted by Gasteiger charge is -2.12. The zero-order valence-corrected chi connectivity index (χ0v) is 15.6. The average Bonchev–Trinajstić information content (AvgIpc) is 2.77. The summed E-state index contributed by atoms with van der Waals surface area (Å²) in [7, 11) is 0. The van der Waals surface area contributed by atoms with Crippen LogP contribution in [0.15, 0.2) is 47.5 Å². The average molecular weight is 422 g/mol. The molecule has 1 heterocycles. The predicted molar refractivity (Wildman–Crippen MR) is 104 cm³/mol. The first-order valence-electron chi connectivity index (χ1n) is 7.48. The van der Waals surface area contributed by atoms with Crippen molar-refractivity contribution >= 4 is 53.1 Å². The zero-order chi connectivity index (χ0) is 18.0. The summed E-state index contributed by atoms with van der Waals surface area (Å²) in [6.07, 6.45) is -0.970. The van der Waals surface area contributed by atoms with Crippen molar-refractivity contribution in [2.24, 2.45) is 4.99 Å². The minimum absolute atomic E-state index is 0. The SMILES string of the molecule is Cl.FC(F)(F)c1ccc2c(c1)C(C=Cc1ccc(Cl)c(Cl)c1)=NCCN2. The summed E-state index contributed by atoms with van der Waals surface area (Å²) in [6, 6.07) is 8.74. The summed E-state index contributed by atoms with van der Waals surface area (Å²) >= 11 is 11.9. The molecule has 0 saturated heterocycles. The number of alkyl halides is 3. The second kappa shape index (κ2) is 8.33. The molecule has 0 spiro atoms. The number of nitrogens with one attached hydrogen (secondary N) is 1. The molecule has 26 heavy (non-hydrogen) atoms. The topological polar surface area (TPSA) is 24.4 Å². The maximum absolute atomic E-state index is 13.0. The number of benzodiazepines with no additional fused rings is 1. The molecular weight excluding hydrogens is 408 g/mol. The van der Waals surface area contributed by atoms with Crippen molar-refractivity contribution in [2.45, 2.75) is 6.18 Å². The van der Waals surface area contributed by atoms with Crippen molar-refractivity contribution in [3.05, 3.63) is 69.2 Å². The molecule has 0 unspecified atom stereocenters. The number of halogens is 6. The minimum atomic E-state index is -4.40. The first kappa shape index (κ1) is 20.6. The van der Waals surface area contributed by atoms with E-state index in [1.54, 1.807) is 30.4 Å². The summed E-state index contributed by atoms with van der Waals surface area (Å²) in [6.45, 7) is 1.03. The molecule has 0 aromatic heterocycles. The third-order valence-electron chi connectivity index (χ3n) is 3.71. The van der Waals surface area contributed by atoms with E-state index in [1.165, 1.54) is 6.07 Å². The van der Waals surface area contributed by atoms with E-state index in [0.29, 0.717) is 40.1 Å². The largest absolute Gasteiger partial charge is 0.416 e. The third kappa shape index (κ3) is 4.72. The molecule has 8 heteroatoms. The molecule has 2 aromatic carbocycles. The predicted octanol–water partition coefficient (Wildman–Crippen LogP) is 6.36. The van der Waals surface area contributed by atoms with Gasteiger partial charge in [-0.15, -0.1) is 12.4 Å². The highest BCUT2D eigenvalue weighted by Crippen LogP contribution is 2.33. The highest BCUT2D eigenvalue weighted by Gasteiger charge is 2.31. The Labute approximate surface area is 165 Å². The van der Waals surface area contributed by atoms with E-state index in [-0.39, 0.29) is 12.4 Å². The van der Waals surface area contributed by atoms with E-state index in [4.69, 9.17) is 23.2 Å². The van der Waals surface area contributed by atoms with Crippen LogP contribution in [0.5, 0.6) is 0 Å². The molecule has 1 aliphatic rings. The van der Waals surface area contributed by atoms with Crippen LogP contribution >= 0.6 is 35.6 Å². The number of nitrogens with zero attached hydrogens (tertiary/aromatic N) is 1. The summed E-state index contributed by atoms with van der Waals surface area (Å²) < 4.78 is 39.0. The second-order valence-electron chi connectivity index (χ2n) is 5.46. The van der Waals surface area contributed by atoms with Gasteiger partial charge in [0.2, 0.25) is 0 Å². The first-order chi connectivity index (χ1) is 11.8. The maximum atomic E-state index is 13.0. The fourth-order valence-electron chi connectivity index (χ4n) is 2.47. The van der Waals surface area contributed by atoms with E-state index in [2.05, 4.69) is 10.3 Å². The number of hydrogen-bond donors (Lipinski definition) is 1. The number of hydrogen-bond acceptors (Lipinski definition) is 2. The van der Waals surface area contributed by atoms with Crippen LogP contribution in [0, 0.1) is 0 Å². The Hall–Kier alpha value is -1.69. The Morgan fingerprint density at radius 3 is 2.46 bits per heavy atom. The van der Waals surface area contributed by atoms with E-state index in [0.717, 1.165) is 17.7 Å². The smallest absolute Gasteiger partial charge is 0.383 e. The zero-order valence-electron chi connectivity index (χ0n) is 13.3. The van der Waals surface area contributed by atoms with Crippen molar-refractivity contribution in [1.29, 1.82) is 0 Å². The van der Waals surface area contributed by atoms with Crippen molar-refractivity contribution in [3.63, 3.8) is 0 Å². The number of rotatable bonds is 2. The van der Waals surface area contributed by atoms with Gasteiger partial charge in [0.15, 0.2) is 0 Å². The molecule has 2 aromatic rings. The van der Waals surface area contributed by atoms with Gasteiger partial charge in [-0.1, -0.05) is 35.3 Å². The van der Waals surface area contributed by atoms with Gasteiger partial charge in [0.25, 0.3) is 0 Å². The molecule has 0 radical (unpaired) electrons. The van der Waals surface area contributed by atoms with Crippen LogP contribution in [-0.4, -0.2) is 18.8 Å². The van der Waals surface area contributed by atoms with Gasteiger partial charge in [0.05, 0.1) is 27.9 Å². The van der Waals surface area contributed by atoms with Crippen LogP contribution in [0.3, 0.4) is 0 Å². The van der Waals surface area contributed by atoms with Gasteiger partial charge in [-0.05, 0) is 42.0 Å². The van der Waals surface area contributed by atoms with Gasteiger partial charge in [-0.2, -0.15) is 13.2 Å². The van der Waals surface area contributed by atoms with Crippen LogP contribution in [0.4, 0.5) is 18.9 Å². The summed E-state index contributed by atoms with van der Waals surface area (Å²) in [5.74, 6) is 0. The Morgan fingerprint density at radius 2 is 1.77 bits per heavy atom. The molecule has 0 aliphatic carbocycles. The van der Waals surface area contributed by atoms with Gasteiger partial charge in [0, 0.05) is 17.8 Å². The number of allylic oxidation sites excluding steroid dienone is 1. The fourth-order valence-corrected chi connectivity index (χ4v) is 2.78. The second-order valence-corrected chi connectivity index (χ2v) is 6.27. The molecule has 3 rings (SSSR count). The molecule has 0 atom stereocenters. The summed E-state index contributed by atoms with van der Waals surface area (Å²) in [4.78, 5) is 4.38. The molecule has 0 bridgehead atoms. The van der Waals surface area contributed by atoms with Crippen LogP contribution in [-0.2, 0) is 6.18 Å². The molecule has 2 nitrogen and oxygen atoms in total. The van der Waals surface area contributed by atoms with Crippen molar-refractivity contribution in [3.8, 4) is 0 Å². The lowest BCUT2D eigenvalue weighted by Crippen LogP contribution is -2.09. The van der Waals surface area contributed by atoms with Gasteiger partial charge >= 0.3 is 6.18 Å². The molecular formula is C18H14Cl3F3N2. The third-order valence-corrected chi connectivity index (χ3v) is 4.45. The van der Waals surface area contributed by atoms with Gasteiger partial charge < -0.3 is 5.32 Å². The van der Waals surface area contributed by atoms with E-state index in [9.17, 15) is 13.2 Å². The number of aliphatic imine (C=N–C) groups is 1. The van der Waals surface area contributed by atoms with Gasteiger partial charge in [-0.3, -0.25) is 4.99 Å². The molecule has 1 aliphatic heterocycles. The van der Waals surface area contributed by atoms with Crippen LogP contribution < -0.4 is 5.32 Å². The van der Waals surface area contributed by atoms with Crippen LogP contribution in [0.25, 0.3) is 6.08 Å². The normalized spacial score (nSPS) is 14.1. The molecule has 0 amide bonds. The molecule has 138 valence electrons. The number of anilines is 1. The number of fused-ring (bicyclic) bond motifs is 1. The number of benzene rings is 2. The van der Waals surface area contributed by atoms with Gasteiger partial charge in [-0.25, -0.2) is 0 Å². The summed E-state index contributed by atoms with van der Waals surface area (Å²) in [5, 5.41) is 3.94. The highest BCUT2D eigenvalue weighted by molar-refractivity contribution is 6.42. The van der Waals surface area contributed by atoms with Crippen molar-refractivity contribution in [1.82, 2.24) is 0 Å². The monoisotopic (exact) mass is 420 g/mol. The molecule has 0 saturated carbocycles. The fraction of sp³-hybridized carbons (Fsp3) is 0.167. The van der Waals surface area contributed by atoms with E-state index < -0.39 is 11.7 Å². The van der Waals surface area contributed by atoms with Gasteiger partial charge in [0.1, 0.15) is 0 Å².